The van der Waals surface area contributed by atoms with Gasteiger partial charge in [0.05, 0.1) is 11.4 Å². The van der Waals surface area contributed by atoms with Gasteiger partial charge in [0.25, 0.3) is 5.91 Å². The molecule has 3 aliphatic rings. The highest BCUT2D eigenvalue weighted by Crippen LogP contribution is 2.64. The van der Waals surface area contributed by atoms with Gasteiger partial charge in [-0.15, -0.1) is 5.92 Å². The Bertz CT molecular complexity index is 1130. The molecule has 5 atom stereocenters. The quantitative estimate of drug-likeness (QED) is 0.642. The van der Waals surface area contributed by atoms with Crippen LogP contribution in [0.5, 0.6) is 0 Å². The van der Waals surface area contributed by atoms with Gasteiger partial charge in [0.15, 0.2) is 0 Å². The molecular weight excluding hydrogens is 396 g/mol. The molecule has 0 aliphatic heterocycles. The van der Waals surface area contributed by atoms with E-state index in [0.717, 1.165) is 49.9 Å². The van der Waals surface area contributed by atoms with Crippen LogP contribution in [0, 0.1) is 36.0 Å². The number of carbonyl (C=O) groups is 1. The summed E-state index contributed by atoms with van der Waals surface area (Å²) in [6.07, 6.45) is 7.79. The largest absolute Gasteiger partial charge is 0.377 e. The number of aliphatic hydroxyl groups is 1. The van der Waals surface area contributed by atoms with Crippen LogP contribution < -0.4 is 5.32 Å². The van der Waals surface area contributed by atoms with E-state index in [1.165, 1.54) is 11.1 Å². The number of nitrogens with one attached hydrogen (secondary N) is 1. The van der Waals surface area contributed by atoms with E-state index in [0.29, 0.717) is 23.3 Å². The molecule has 1 amide bonds. The molecule has 0 saturated heterocycles. The molecule has 5 rings (SSSR count). The van der Waals surface area contributed by atoms with E-state index in [1.807, 2.05) is 32.0 Å². The molecule has 32 heavy (non-hydrogen) atoms. The number of rotatable bonds is 2. The average molecular weight is 429 g/mol. The normalized spacial score (nSPS) is 32.7. The summed E-state index contributed by atoms with van der Waals surface area (Å²) in [5.74, 6) is 7.71. The summed E-state index contributed by atoms with van der Waals surface area (Å²) in [6, 6.07) is 9.97. The lowest BCUT2D eigenvalue weighted by atomic mass is 9.53. The number of amides is 1. The highest BCUT2D eigenvalue weighted by atomic mass is 16.3. The summed E-state index contributed by atoms with van der Waals surface area (Å²) in [4.78, 5) is 17.1. The number of benzene rings is 1. The van der Waals surface area contributed by atoms with Crippen molar-refractivity contribution in [2.45, 2.75) is 70.8 Å². The summed E-state index contributed by atoms with van der Waals surface area (Å²) in [5, 5.41) is 14.4. The fourth-order valence-corrected chi connectivity index (χ4v) is 6.96. The highest BCUT2D eigenvalue weighted by Gasteiger charge is 2.61. The Hall–Kier alpha value is -2.64. The van der Waals surface area contributed by atoms with Crippen LogP contribution in [-0.2, 0) is 6.42 Å². The molecule has 2 N–H and O–H groups in total. The van der Waals surface area contributed by atoms with Gasteiger partial charge in [-0.2, -0.15) is 0 Å². The molecule has 2 aromatic rings. The van der Waals surface area contributed by atoms with Crippen molar-refractivity contribution in [3.63, 3.8) is 0 Å². The molecule has 0 radical (unpaired) electrons. The monoisotopic (exact) mass is 428 g/mol. The van der Waals surface area contributed by atoms with E-state index in [1.54, 1.807) is 6.20 Å². The molecule has 3 aliphatic carbocycles. The molecule has 0 bridgehead atoms. The molecule has 1 heterocycles. The topological polar surface area (TPSA) is 62.2 Å². The second-order valence-corrected chi connectivity index (χ2v) is 10.1. The molecule has 0 spiro atoms. The molecule has 1 aromatic heterocycles. The predicted octanol–water partition coefficient (Wildman–Crippen LogP) is 5.25. The van der Waals surface area contributed by atoms with Gasteiger partial charge in [-0.25, -0.2) is 0 Å². The zero-order valence-electron chi connectivity index (χ0n) is 19.2. The van der Waals surface area contributed by atoms with Gasteiger partial charge in [0.2, 0.25) is 0 Å². The summed E-state index contributed by atoms with van der Waals surface area (Å²) in [5.41, 5.74) is 4.04. The van der Waals surface area contributed by atoms with Gasteiger partial charge in [-0.3, -0.25) is 9.78 Å². The van der Waals surface area contributed by atoms with E-state index in [2.05, 4.69) is 41.2 Å². The Morgan fingerprint density at radius 2 is 2.06 bits per heavy atom. The smallest absolute Gasteiger partial charge is 0.255 e. The van der Waals surface area contributed by atoms with E-state index >= 15 is 0 Å². The minimum atomic E-state index is -0.843. The van der Waals surface area contributed by atoms with Gasteiger partial charge in [-0.1, -0.05) is 18.9 Å². The molecular formula is C28H32N2O2. The maximum absolute atomic E-state index is 12.9. The van der Waals surface area contributed by atoms with E-state index in [-0.39, 0.29) is 11.3 Å². The first-order valence-corrected chi connectivity index (χ1v) is 11.9. The number of fused-ring (bicyclic) bond motifs is 5. The van der Waals surface area contributed by atoms with Gasteiger partial charge in [-0.05, 0) is 106 Å². The molecule has 2 fully saturated rings. The third kappa shape index (κ3) is 3.18. The van der Waals surface area contributed by atoms with Crippen LogP contribution in [0.1, 0.15) is 79.0 Å². The van der Waals surface area contributed by atoms with Crippen molar-refractivity contribution in [1.82, 2.24) is 4.98 Å². The number of nitrogens with zero attached hydrogens (tertiary/aromatic N) is 1. The van der Waals surface area contributed by atoms with E-state index in [4.69, 9.17) is 0 Å². The van der Waals surface area contributed by atoms with Crippen LogP contribution in [0.3, 0.4) is 0 Å². The fraction of sp³-hybridized carbons (Fsp3) is 0.500. The fourth-order valence-electron chi connectivity index (χ4n) is 6.96. The lowest BCUT2D eigenvalue weighted by Crippen LogP contribution is -2.50. The average Bonchev–Trinajstić information content (AvgIpc) is 3.05. The second-order valence-electron chi connectivity index (χ2n) is 10.1. The Balaban J connectivity index is 1.39. The molecule has 166 valence electrons. The van der Waals surface area contributed by atoms with Crippen LogP contribution in [0.2, 0.25) is 0 Å². The number of aromatic nitrogens is 1. The third-order valence-corrected chi connectivity index (χ3v) is 8.73. The molecule has 2 saturated carbocycles. The van der Waals surface area contributed by atoms with E-state index in [9.17, 15) is 9.90 Å². The minimum Gasteiger partial charge on any atom is -0.377 e. The molecule has 0 unspecified atom stereocenters. The Kier molecular flexibility index (Phi) is 5.13. The lowest BCUT2D eigenvalue weighted by molar-refractivity contribution is -0.0648. The van der Waals surface area contributed by atoms with Crippen molar-refractivity contribution in [3.05, 3.63) is 58.9 Å². The van der Waals surface area contributed by atoms with Crippen molar-refractivity contribution < 1.29 is 9.90 Å². The Morgan fingerprint density at radius 1 is 1.22 bits per heavy atom. The minimum absolute atomic E-state index is 0.0822. The van der Waals surface area contributed by atoms with Crippen molar-refractivity contribution >= 4 is 11.6 Å². The molecule has 4 heteroatoms. The summed E-state index contributed by atoms with van der Waals surface area (Å²) < 4.78 is 0. The lowest BCUT2D eigenvalue weighted by Gasteiger charge is -2.52. The predicted molar refractivity (Wildman–Crippen MR) is 126 cm³/mol. The first-order chi connectivity index (χ1) is 15.4. The van der Waals surface area contributed by atoms with Crippen molar-refractivity contribution in [2.75, 3.05) is 5.32 Å². The van der Waals surface area contributed by atoms with E-state index < -0.39 is 5.60 Å². The van der Waals surface area contributed by atoms with Crippen molar-refractivity contribution in [3.8, 4) is 11.8 Å². The van der Waals surface area contributed by atoms with Gasteiger partial charge < -0.3 is 10.4 Å². The van der Waals surface area contributed by atoms with Crippen LogP contribution in [-0.4, -0.2) is 21.6 Å². The first-order valence-electron chi connectivity index (χ1n) is 11.9. The summed E-state index contributed by atoms with van der Waals surface area (Å²) in [6.45, 7) is 6.00. The number of carbonyl (C=O) groups excluding carboxylic acids is 1. The molecule has 1 aromatic carbocycles. The number of anilines is 1. The zero-order valence-corrected chi connectivity index (χ0v) is 19.2. The van der Waals surface area contributed by atoms with Gasteiger partial charge >= 0.3 is 0 Å². The van der Waals surface area contributed by atoms with Crippen LogP contribution in [0.15, 0.2) is 36.5 Å². The van der Waals surface area contributed by atoms with Crippen molar-refractivity contribution in [1.29, 1.82) is 0 Å². The molecule has 4 nitrogen and oxygen atoms in total. The number of pyridine rings is 1. The zero-order chi connectivity index (χ0) is 22.5. The number of aryl methyl sites for hydroxylation is 2. The number of hydrogen-bond acceptors (Lipinski definition) is 3. The first kappa shape index (κ1) is 21.2. The Morgan fingerprint density at radius 3 is 2.84 bits per heavy atom. The van der Waals surface area contributed by atoms with Crippen LogP contribution in [0.4, 0.5) is 5.69 Å². The Labute approximate surface area is 190 Å². The number of hydrogen-bond donors (Lipinski definition) is 2. The van der Waals surface area contributed by atoms with Gasteiger partial charge in [0.1, 0.15) is 5.60 Å². The standard InChI is InChI=1S/C28H32N2O2/c1-4-13-28(32)15-12-24-23-10-7-19-17-20(26(31)30-25-6-5-16-29-18(25)2)8-9-21(19)22(23)11-14-27(24,28)3/h5-6,8-9,16-17,22-24,32H,7,10-12,14-15H2,1-3H3,(H,30,31)/t22-,23-,24+,27+,28+/m1/s1. The van der Waals surface area contributed by atoms with Crippen LogP contribution >= 0.6 is 0 Å². The third-order valence-electron chi connectivity index (χ3n) is 8.73. The highest BCUT2D eigenvalue weighted by molar-refractivity contribution is 6.04. The maximum Gasteiger partial charge on any atom is 0.255 e. The second kappa shape index (κ2) is 7.74. The maximum atomic E-state index is 12.9. The van der Waals surface area contributed by atoms with Gasteiger partial charge in [0, 0.05) is 17.2 Å². The summed E-state index contributed by atoms with van der Waals surface area (Å²) >= 11 is 0. The van der Waals surface area contributed by atoms with Crippen LogP contribution in [0.25, 0.3) is 0 Å². The summed E-state index contributed by atoms with van der Waals surface area (Å²) in [7, 11) is 0. The van der Waals surface area contributed by atoms with Crippen molar-refractivity contribution in [2.24, 2.45) is 17.3 Å². The SMILES string of the molecule is CC#C[C@]1(O)CC[C@H]2[C@@H]3CCc4cc(C(=O)Nc5cccnc5C)ccc4[C@H]3CC[C@@]21C.